The molecule has 2 N–H and O–H groups in total. The normalized spacial score (nSPS) is 27.2. The number of anilines is 1. The van der Waals surface area contributed by atoms with Crippen LogP contribution in [0.5, 0.6) is 0 Å². The summed E-state index contributed by atoms with van der Waals surface area (Å²) in [7, 11) is 0. The van der Waals surface area contributed by atoms with Crippen LogP contribution in [-0.4, -0.2) is 53.6 Å². The molecule has 4 atom stereocenters. The van der Waals surface area contributed by atoms with Gasteiger partial charge in [-0.2, -0.15) is 0 Å². The number of halogens is 2. The molecule has 1 amide bonds. The van der Waals surface area contributed by atoms with Crippen molar-refractivity contribution >= 4 is 17.3 Å². The molecule has 0 radical (unpaired) electrons. The molecular weight excluding hydrogens is 370 g/mol. The zero-order valence-corrected chi connectivity index (χ0v) is 15.9. The van der Waals surface area contributed by atoms with Gasteiger partial charge >= 0.3 is 0 Å². The van der Waals surface area contributed by atoms with Crippen LogP contribution in [0, 0.1) is 21.8 Å². The van der Waals surface area contributed by atoms with E-state index in [0.29, 0.717) is 18.9 Å². The number of likely N-dealkylation sites (tertiary alicyclic amines) is 1. The average Bonchev–Trinajstić information content (AvgIpc) is 3.24. The highest BCUT2D eigenvalue weighted by Gasteiger charge is 2.33. The molecule has 1 aliphatic heterocycles. The molecule has 3 rings (SSSR count). The fourth-order valence-electron chi connectivity index (χ4n) is 4.11. The quantitative estimate of drug-likeness (QED) is 0.547. The third kappa shape index (κ3) is 4.95. The number of non-ortho nitro benzene ring substituents is 1. The lowest BCUT2D eigenvalue weighted by molar-refractivity contribution is -0.385. The number of benzene rings is 1. The second kappa shape index (κ2) is 8.81. The Kier molecular flexibility index (Phi) is 6.43. The second-order valence-electron chi connectivity index (χ2n) is 7.79. The van der Waals surface area contributed by atoms with E-state index in [1.807, 2.05) is 6.92 Å². The van der Waals surface area contributed by atoms with E-state index >= 15 is 0 Å². The van der Waals surface area contributed by atoms with Crippen LogP contribution in [0.3, 0.4) is 0 Å². The maximum atomic E-state index is 13.9. The van der Waals surface area contributed by atoms with E-state index in [9.17, 15) is 23.7 Å². The summed E-state index contributed by atoms with van der Waals surface area (Å²) in [6.45, 7) is 2.82. The highest BCUT2D eigenvalue weighted by atomic mass is 19.1. The number of amides is 1. The van der Waals surface area contributed by atoms with E-state index in [4.69, 9.17) is 0 Å². The third-order valence-corrected chi connectivity index (χ3v) is 5.67. The lowest BCUT2D eigenvalue weighted by atomic mass is 10.1. The molecule has 1 saturated heterocycles. The van der Waals surface area contributed by atoms with Crippen molar-refractivity contribution in [3.8, 4) is 0 Å². The summed E-state index contributed by atoms with van der Waals surface area (Å²) < 4.78 is 27.3. The Hall–Kier alpha value is -2.29. The highest BCUT2D eigenvalue weighted by molar-refractivity contribution is 5.79. The van der Waals surface area contributed by atoms with Crippen molar-refractivity contribution in [2.75, 3.05) is 25.0 Å². The summed E-state index contributed by atoms with van der Waals surface area (Å²) in [5, 5.41) is 16.9. The van der Waals surface area contributed by atoms with Gasteiger partial charge in [0, 0.05) is 31.1 Å². The zero-order valence-electron chi connectivity index (χ0n) is 15.9. The average molecular weight is 396 g/mol. The number of nitrogens with one attached hydrogen (secondary N) is 2. The fourth-order valence-corrected chi connectivity index (χ4v) is 4.11. The molecule has 2 aliphatic rings. The molecule has 9 heteroatoms. The predicted octanol–water partition coefficient (Wildman–Crippen LogP) is 2.86. The van der Waals surface area contributed by atoms with Crippen LogP contribution in [0.25, 0.3) is 0 Å². The van der Waals surface area contributed by atoms with Gasteiger partial charge in [-0.3, -0.25) is 14.9 Å². The number of nitrogens with zero attached hydrogens (tertiary/aromatic N) is 2. The Morgan fingerprint density at radius 3 is 2.79 bits per heavy atom. The van der Waals surface area contributed by atoms with Gasteiger partial charge in [-0.05, 0) is 38.2 Å². The van der Waals surface area contributed by atoms with Crippen molar-refractivity contribution in [2.24, 2.45) is 5.92 Å². The molecule has 1 saturated carbocycles. The summed E-state index contributed by atoms with van der Waals surface area (Å²) >= 11 is 0. The summed E-state index contributed by atoms with van der Waals surface area (Å²) in [5.41, 5.74) is -0.0229. The molecule has 1 aromatic carbocycles. The van der Waals surface area contributed by atoms with Crippen molar-refractivity contribution < 1.29 is 18.5 Å². The fraction of sp³-hybridized carbons (Fsp3) is 0.632. The highest BCUT2D eigenvalue weighted by Crippen LogP contribution is 2.27. The first kappa shape index (κ1) is 20.4. The molecular formula is C19H26F2N4O3. The molecule has 154 valence electrons. The minimum Gasteiger partial charge on any atom is -0.382 e. The lowest BCUT2D eigenvalue weighted by Crippen LogP contribution is -2.42. The molecule has 28 heavy (non-hydrogen) atoms. The summed E-state index contributed by atoms with van der Waals surface area (Å²) in [6, 6.07) is 3.72. The Balaban J connectivity index is 1.41. The van der Waals surface area contributed by atoms with Gasteiger partial charge in [0.2, 0.25) is 5.91 Å². The van der Waals surface area contributed by atoms with Crippen molar-refractivity contribution in [2.45, 2.75) is 50.9 Å². The lowest BCUT2D eigenvalue weighted by Gasteiger charge is -2.22. The largest absolute Gasteiger partial charge is 0.382 e. The van der Waals surface area contributed by atoms with E-state index in [1.54, 1.807) is 4.90 Å². The van der Waals surface area contributed by atoms with Gasteiger partial charge in [-0.1, -0.05) is 0 Å². The predicted molar refractivity (Wildman–Crippen MR) is 101 cm³/mol. The third-order valence-electron chi connectivity index (χ3n) is 5.67. The smallest absolute Gasteiger partial charge is 0.272 e. The van der Waals surface area contributed by atoms with E-state index in [1.165, 1.54) is 12.1 Å². The van der Waals surface area contributed by atoms with Gasteiger partial charge in [-0.15, -0.1) is 0 Å². The van der Waals surface area contributed by atoms with Gasteiger partial charge in [0.05, 0.1) is 29.8 Å². The van der Waals surface area contributed by atoms with Crippen LogP contribution >= 0.6 is 0 Å². The number of hydrogen-bond donors (Lipinski definition) is 2. The Morgan fingerprint density at radius 1 is 1.36 bits per heavy atom. The van der Waals surface area contributed by atoms with Crippen molar-refractivity contribution in [1.29, 1.82) is 0 Å². The summed E-state index contributed by atoms with van der Waals surface area (Å²) in [6.07, 6.45) is 2.20. The molecule has 2 fully saturated rings. The van der Waals surface area contributed by atoms with Crippen LogP contribution in [0.15, 0.2) is 18.2 Å². The number of alkyl halides is 1. The van der Waals surface area contributed by atoms with E-state index < -0.39 is 16.9 Å². The van der Waals surface area contributed by atoms with Gasteiger partial charge in [0.15, 0.2) is 5.82 Å². The molecule has 0 bridgehead atoms. The molecule has 1 aromatic rings. The SMILES string of the molecule is C[C@@H]1C[C@H](F)CN1C(=O)CN[C@@H]1CC[C@H](CNc2ccc([N+](=O)[O-])cc2F)C1. The minimum atomic E-state index is -0.930. The van der Waals surface area contributed by atoms with Gasteiger partial charge in [-0.25, -0.2) is 8.78 Å². The summed E-state index contributed by atoms with van der Waals surface area (Å²) in [5.74, 6) is -0.385. The van der Waals surface area contributed by atoms with E-state index in [0.717, 1.165) is 25.3 Å². The number of carbonyl (C=O) groups excluding carboxylic acids is 1. The van der Waals surface area contributed by atoms with Crippen LogP contribution in [0.4, 0.5) is 20.2 Å². The van der Waals surface area contributed by atoms with Crippen molar-refractivity contribution in [3.05, 3.63) is 34.1 Å². The van der Waals surface area contributed by atoms with Crippen LogP contribution in [-0.2, 0) is 4.79 Å². The van der Waals surface area contributed by atoms with Crippen LogP contribution < -0.4 is 10.6 Å². The summed E-state index contributed by atoms with van der Waals surface area (Å²) in [4.78, 5) is 23.9. The molecule has 1 heterocycles. The molecule has 0 spiro atoms. The first-order valence-corrected chi connectivity index (χ1v) is 9.68. The molecule has 0 unspecified atom stereocenters. The van der Waals surface area contributed by atoms with E-state index in [2.05, 4.69) is 10.6 Å². The molecule has 7 nitrogen and oxygen atoms in total. The Morgan fingerprint density at radius 2 is 2.14 bits per heavy atom. The first-order valence-electron chi connectivity index (χ1n) is 9.68. The minimum absolute atomic E-state index is 0.0542. The number of hydrogen-bond acceptors (Lipinski definition) is 5. The molecule has 0 aromatic heterocycles. The van der Waals surface area contributed by atoms with Gasteiger partial charge in [0.25, 0.3) is 5.69 Å². The van der Waals surface area contributed by atoms with E-state index in [-0.39, 0.29) is 42.5 Å². The number of nitro benzene ring substituents is 1. The van der Waals surface area contributed by atoms with Crippen LogP contribution in [0.1, 0.15) is 32.6 Å². The van der Waals surface area contributed by atoms with Gasteiger partial charge < -0.3 is 15.5 Å². The standard InChI is InChI=1S/C19H26F2N4O3/c1-12-6-14(20)11-24(12)19(26)10-22-15-3-2-13(7-15)9-23-18-5-4-16(25(27)28)8-17(18)21/h4-5,8,12-15,22-23H,2-3,6-7,9-11H2,1H3/t12-,13+,14+,15-/m1/s1. The maximum Gasteiger partial charge on any atom is 0.272 e. The number of nitro groups is 1. The topological polar surface area (TPSA) is 87.5 Å². The second-order valence-corrected chi connectivity index (χ2v) is 7.79. The molecule has 1 aliphatic carbocycles. The zero-order chi connectivity index (χ0) is 20.3. The van der Waals surface area contributed by atoms with Crippen molar-refractivity contribution in [3.63, 3.8) is 0 Å². The maximum absolute atomic E-state index is 13.9. The Labute approximate surface area is 162 Å². The number of carbonyl (C=O) groups is 1. The number of rotatable bonds is 7. The van der Waals surface area contributed by atoms with Gasteiger partial charge in [0.1, 0.15) is 6.17 Å². The van der Waals surface area contributed by atoms with Crippen LogP contribution in [0.2, 0.25) is 0 Å². The monoisotopic (exact) mass is 396 g/mol. The van der Waals surface area contributed by atoms with Crippen molar-refractivity contribution in [1.82, 2.24) is 10.2 Å². The Bertz CT molecular complexity index is 733. The first-order chi connectivity index (χ1) is 13.3.